The molecule has 0 bridgehead atoms. The Bertz CT molecular complexity index is 921. The van der Waals surface area contributed by atoms with E-state index in [9.17, 15) is 9.59 Å². The van der Waals surface area contributed by atoms with Crippen LogP contribution in [0.15, 0.2) is 48.5 Å². The SMILES string of the molecule is CCNC(=O)NC1CCN(c2ccccc2C(=O)NC2CCCc3ccccc32)CC1. The lowest BCUT2D eigenvalue weighted by Crippen LogP contribution is -2.48. The van der Waals surface area contributed by atoms with Crippen LogP contribution in [0.5, 0.6) is 0 Å². The highest BCUT2D eigenvalue weighted by Gasteiger charge is 2.26. The average Bonchev–Trinajstić information content (AvgIpc) is 2.80. The van der Waals surface area contributed by atoms with E-state index in [1.54, 1.807) is 0 Å². The van der Waals surface area contributed by atoms with Gasteiger partial charge in [0.1, 0.15) is 0 Å². The minimum Gasteiger partial charge on any atom is -0.371 e. The molecule has 0 saturated carbocycles. The second-order valence-electron chi connectivity index (χ2n) is 8.40. The van der Waals surface area contributed by atoms with E-state index < -0.39 is 0 Å². The van der Waals surface area contributed by atoms with Crippen molar-refractivity contribution in [2.45, 2.75) is 51.1 Å². The Kier molecular flexibility index (Phi) is 6.75. The molecule has 0 spiro atoms. The first kappa shape index (κ1) is 21.2. The summed E-state index contributed by atoms with van der Waals surface area (Å²) in [6, 6.07) is 16.4. The van der Waals surface area contributed by atoms with Crippen LogP contribution in [0.25, 0.3) is 0 Å². The molecule has 1 saturated heterocycles. The van der Waals surface area contributed by atoms with E-state index in [0.29, 0.717) is 6.54 Å². The van der Waals surface area contributed by atoms with Crippen molar-refractivity contribution in [3.8, 4) is 0 Å². The third kappa shape index (κ3) is 5.01. The fourth-order valence-electron chi connectivity index (χ4n) is 4.74. The molecule has 0 aromatic heterocycles. The van der Waals surface area contributed by atoms with Crippen molar-refractivity contribution < 1.29 is 9.59 Å². The number of piperidine rings is 1. The van der Waals surface area contributed by atoms with Gasteiger partial charge in [-0.1, -0.05) is 36.4 Å². The first-order valence-electron chi connectivity index (χ1n) is 11.4. The number of amides is 3. The third-order valence-electron chi connectivity index (χ3n) is 6.33. The van der Waals surface area contributed by atoms with E-state index in [1.165, 1.54) is 11.1 Å². The zero-order valence-corrected chi connectivity index (χ0v) is 18.2. The van der Waals surface area contributed by atoms with Crippen LogP contribution in [0.1, 0.15) is 60.1 Å². The summed E-state index contributed by atoms with van der Waals surface area (Å²) in [4.78, 5) is 27.3. The van der Waals surface area contributed by atoms with E-state index >= 15 is 0 Å². The number of nitrogens with zero attached hydrogens (tertiary/aromatic N) is 1. The largest absolute Gasteiger partial charge is 0.371 e. The fourth-order valence-corrected chi connectivity index (χ4v) is 4.74. The third-order valence-corrected chi connectivity index (χ3v) is 6.33. The van der Waals surface area contributed by atoms with E-state index in [0.717, 1.165) is 56.4 Å². The smallest absolute Gasteiger partial charge is 0.314 e. The first-order valence-corrected chi connectivity index (χ1v) is 11.4. The van der Waals surface area contributed by atoms with Crippen molar-refractivity contribution in [1.29, 1.82) is 0 Å². The maximum atomic E-state index is 13.3. The number of urea groups is 1. The summed E-state index contributed by atoms with van der Waals surface area (Å²) in [6.07, 6.45) is 4.88. The van der Waals surface area contributed by atoms with Gasteiger partial charge >= 0.3 is 6.03 Å². The van der Waals surface area contributed by atoms with Crippen LogP contribution in [0, 0.1) is 0 Å². The maximum absolute atomic E-state index is 13.3. The molecule has 1 fully saturated rings. The van der Waals surface area contributed by atoms with Crippen LogP contribution in [0.4, 0.5) is 10.5 Å². The van der Waals surface area contributed by atoms with Crippen LogP contribution in [0.3, 0.4) is 0 Å². The molecule has 1 atom stereocenters. The molecule has 6 nitrogen and oxygen atoms in total. The first-order chi connectivity index (χ1) is 15.2. The fraction of sp³-hybridized carbons (Fsp3) is 0.440. The number of rotatable bonds is 5. The number of anilines is 1. The second-order valence-corrected chi connectivity index (χ2v) is 8.40. The predicted octanol–water partition coefficient (Wildman–Crippen LogP) is 3.78. The van der Waals surface area contributed by atoms with Gasteiger partial charge in [0.2, 0.25) is 0 Å². The van der Waals surface area contributed by atoms with Crippen molar-refractivity contribution in [2.24, 2.45) is 0 Å². The predicted molar refractivity (Wildman–Crippen MR) is 123 cm³/mol. The molecular weight excluding hydrogens is 388 g/mol. The lowest BCUT2D eigenvalue weighted by molar-refractivity contribution is 0.0933. The van der Waals surface area contributed by atoms with Crippen molar-refractivity contribution >= 4 is 17.6 Å². The summed E-state index contributed by atoms with van der Waals surface area (Å²) in [5.41, 5.74) is 4.28. The number of carbonyl (C=O) groups excluding carboxylic acids is 2. The van der Waals surface area contributed by atoms with Crippen molar-refractivity contribution in [3.05, 3.63) is 65.2 Å². The Morgan fingerprint density at radius 1 is 0.968 bits per heavy atom. The van der Waals surface area contributed by atoms with Gasteiger partial charge in [0.05, 0.1) is 11.6 Å². The van der Waals surface area contributed by atoms with Crippen molar-refractivity contribution in [3.63, 3.8) is 0 Å². The van der Waals surface area contributed by atoms with Crippen LogP contribution in [-0.4, -0.2) is 37.6 Å². The monoisotopic (exact) mass is 420 g/mol. The standard InChI is InChI=1S/C25H32N4O2/c1-2-26-25(31)27-19-14-16-29(17-15-19)23-13-6-5-11-21(23)24(30)28-22-12-7-9-18-8-3-4-10-20(18)22/h3-6,8,10-11,13,19,22H,2,7,9,12,14-17H2,1H3,(H,28,30)(H2,26,27,31). The van der Waals surface area contributed by atoms with Gasteiger partial charge in [0.15, 0.2) is 0 Å². The Hall–Kier alpha value is -3.02. The zero-order valence-electron chi connectivity index (χ0n) is 18.2. The summed E-state index contributed by atoms with van der Waals surface area (Å²) in [5.74, 6) is -0.0140. The lowest BCUT2D eigenvalue weighted by atomic mass is 9.87. The lowest BCUT2D eigenvalue weighted by Gasteiger charge is -2.35. The highest BCUT2D eigenvalue weighted by atomic mass is 16.2. The number of hydrogen-bond acceptors (Lipinski definition) is 3. The number of nitrogens with one attached hydrogen (secondary N) is 3. The number of para-hydroxylation sites is 1. The van der Waals surface area contributed by atoms with Gasteiger partial charge in [-0.3, -0.25) is 4.79 Å². The molecule has 2 aromatic carbocycles. The maximum Gasteiger partial charge on any atom is 0.314 e. The van der Waals surface area contributed by atoms with Crippen molar-refractivity contribution in [2.75, 3.05) is 24.5 Å². The number of fused-ring (bicyclic) bond motifs is 1. The van der Waals surface area contributed by atoms with E-state index in [-0.39, 0.29) is 24.0 Å². The van der Waals surface area contributed by atoms with Gasteiger partial charge in [-0.2, -0.15) is 0 Å². The Morgan fingerprint density at radius 3 is 2.52 bits per heavy atom. The molecule has 2 aromatic rings. The molecule has 4 rings (SSSR count). The van der Waals surface area contributed by atoms with Crippen LogP contribution in [-0.2, 0) is 6.42 Å². The summed E-state index contributed by atoms with van der Waals surface area (Å²) < 4.78 is 0. The molecule has 3 amide bonds. The minimum absolute atomic E-state index is 0.0140. The molecule has 1 aliphatic carbocycles. The average molecular weight is 421 g/mol. The highest BCUT2D eigenvalue weighted by Crippen LogP contribution is 2.31. The summed E-state index contributed by atoms with van der Waals surface area (Å²) in [7, 11) is 0. The Labute approximate surface area is 184 Å². The molecule has 31 heavy (non-hydrogen) atoms. The number of hydrogen-bond donors (Lipinski definition) is 3. The molecule has 1 aliphatic heterocycles. The summed E-state index contributed by atoms with van der Waals surface area (Å²) in [6.45, 7) is 4.16. The van der Waals surface area contributed by atoms with Gasteiger partial charge in [-0.15, -0.1) is 0 Å². The number of carbonyl (C=O) groups is 2. The van der Waals surface area contributed by atoms with Crippen LogP contribution >= 0.6 is 0 Å². The summed E-state index contributed by atoms with van der Waals surface area (Å²) >= 11 is 0. The topological polar surface area (TPSA) is 73.5 Å². The van der Waals surface area contributed by atoms with Crippen molar-refractivity contribution in [1.82, 2.24) is 16.0 Å². The molecule has 1 heterocycles. The molecule has 0 radical (unpaired) electrons. The Morgan fingerprint density at radius 2 is 1.71 bits per heavy atom. The molecule has 2 aliphatic rings. The molecule has 1 unspecified atom stereocenters. The molecular formula is C25H32N4O2. The number of aryl methyl sites for hydroxylation is 1. The van der Waals surface area contributed by atoms with E-state index in [2.05, 4.69) is 45.1 Å². The number of benzene rings is 2. The van der Waals surface area contributed by atoms with Gasteiger partial charge in [-0.25, -0.2) is 4.79 Å². The molecule has 3 N–H and O–H groups in total. The van der Waals surface area contributed by atoms with E-state index in [4.69, 9.17) is 0 Å². The Balaban J connectivity index is 1.42. The van der Waals surface area contributed by atoms with Gasteiger partial charge < -0.3 is 20.9 Å². The molecule has 164 valence electrons. The zero-order chi connectivity index (χ0) is 21.6. The van der Waals surface area contributed by atoms with Crippen LogP contribution in [0.2, 0.25) is 0 Å². The summed E-state index contributed by atoms with van der Waals surface area (Å²) in [5, 5.41) is 9.11. The van der Waals surface area contributed by atoms with Gasteiger partial charge in [-0.05, 0) is 62.3 Å². The normalized spacial score (nSPS) is 18.7. The second kappa shape index (κ2) is 9.86. The van der Waals surface area contributed by atoms with Gasteiger partial charge in [0.25, 0.3) is 5.91 Å². The quantitative estimate of drug-likeness (QED) is 0.689. The highest BCUT2D eigenvalue weighted by molar-refractivity contribution is 6.00. The van der Waals surface area contributed by atoms with E-state index in [1.807, 2.05) is 31.2 Å². The minimum atomic E-state index is -0.103. The van der Waals surface area contributed by atoms with Crippen LogP contribution < -0.4 is 20.9 Å². The van der Waals surface area contributed by atoms with Gasteiger partial charge in [0, 0.05) is 31.4 Å². The molecule has 6 heteroatoms.